The predicted molar refractivity (Wildman–Crippen MR) is 113 cm³/mol. The molecule has 0 saturated heterocycles. The summed E-state index contributed by atoms with van der Waals surface area (Å²) in [5.41, 5.74) is 1.34. The smallest absolute Gasteiger partial charge is 0.337 e. The van der Waals surface area contributed by atoms with Gasteiger partial charge < -0.3 is 10.2 Å². The average Bonchev–Trinajstić information content (AvgIpc) is 3.16. The third-order valence-corrected chi connectivity index (χ3v) is 5.62. The molecule has 2 aromatic heterocycles. The number of hydrogen-bond acceptors (Lipinski definition) is 5. The normalized spacial score (nSPS) is 10.9. The second-order valence-corrected chi connectivity index (χ2v) is 7.58. The number of hydrogen-bond donors (Lipinski definition) is 2. The van der Waals surface area contributed by atoms with E-state index in [9.17, 15) is 19.5 Å². The van der Waals surface area contributed by atoms with E-state index in [0.717, 1.165) is 16.9 Å². The maximum atomic E-state index is 13.3. The molecular weight excluding hydrogens is 404 g/mol. The number of rotatable bonds is 6. The van der Waals surface area contributed by atoms with Crippen molar-refractivity contribution in [1.82, 2.24) is 9.55 Å². The maximum Gasteiger partial charge on any atom is 0.337 e. The number of aromatic carboxylic acids is 2. The molecule has 0 aliphatic carbocycles. The summed E-state index contributed by atoms with van der Waals surface area (Å²) in [7, 11) is 0. The van der Waals surface area contributed by atoms with Crippen LogP contribution in [0.15, 0.2) is 64.8 Å². The summed E-state index contributed by atoms with van der Waals surface area (Å²) in [6.07, 6.45) is 0.402. The van der Waals surface area contributed by atoms with Gasteiger partial charge in [-0.2, -0.15) is 0 Å². The topological polar surface area (TPSA) is 109 Å². The first kappa shape index (κ1) is 19.5. The molecule has 30 heavy (non-hydrogen) atoms. The molecule has 0 amide bonds. The summed E-state index contributed by atoms with van der Waals surface area (Å²) < 4.78 is 1.46. The van der Waals surface area contributed by atoms with Crippen LogP contribution in [0.4, 0.5) is 0 Å². The first-order valence-corrected chi connectivity index (χ1v) is 9.92. The molecule has 0 aliphatic rings. The first-order valence-electron chi connectivity index (χ1n) is 9.04. The fourth-order valence-electron chi connectivity index (χ4n) is 3.24. The molecule has 4 rings (SSSR count). The molecule has 0 saturated carbocycles. The van der Waals surface area contributed by atoms with Crippen molar-refractivity contribution in [2.75, 3.05) is 0 Å². The van der Waals surface area contributed by atoms with Crippen LogP contribution in [0.5, 0.6) is 0 Å². The van der Waals surface area contributed by atoms with Gasteiger partial charge in [0.2, 0.25) is 0 Å². The Morgan fingerprint density at radius 3 is 2.27 bits per heavy atom. The summed E-state index contributed by atoms with van der Waals surface area (Å²) in [6, 6.07) is 15.8. The van der Waals surface area contributed by atoms with Gasteiger partial charge in [0.25, 0.3) is 5.56 Å². The molecule has 0 bridgehead atoms. The number of carboxylic acids is 2. The lowest BCUT2D eigenvalue weighted by Gasteiger charge is -2.13. The van der Waals surface area contributed by atoms with E-state index in [1.165, 1.54) is 22.1 Å². The van der Waals surface area contributed by atoms with E-state index < -0.39 is 17.5 Å². The third kappa shape index (κ3) is 3.72. The van der Waals surface area contributed by atoms with Crippen LogP contribution in [0.2, 0.25) is 0 Å². The Bertz CT molecular complexity index is 1310. The fraction of sp³-hybridized carbons (Fsp3) is 0.0909. The maximum absolute atomic E-state index is 13.3. The SMILES string of the molecule is O=C(O)c1ccc(Cn2c(Cc3ccccc3)nc3scc(C(=O)O)c3c2=O)cc1. The molecule has 2 N–H and O–H groups in total. The lowest BCUT2D eigenvalue weighted by molar-refractivity contribution is 0.0687. The largest absolute Gasteiger partial charge is 0.478 e. The summed E-state index contributed by atoms with van der Waals surface area (Å²) >= 11 is 1.13. The molecule has 0 radical (unpaired) electrons. The Labute approximate surface area is 174 Å². The van der Waals surface area contributed by atoms with Gasteiger partial charge in [0.05, 0.1) is 23.1 Å². The van der Waals surface area contributed by atoms with Gasteiger partial charge in [-0.25, -0.2) is 14.6 Å². The van der Waals surface area contributed by atoms with Gasteiger partial charge in [-0.1, -0.05) is 42.5 Å². The molecular formula is C22H16N2O5S. The Morgan fingerprint density at radius 2 is 1.63 bits per heavy atom. The summed E-state index contributed by atoms with van der Waals surface area (Å²) in [5, 5.41) is 20.0. The number of carboxylic acid groups (broad SMARTS) is 2. The van der Waals surface area contributed by atoms with Crippen LogP contribution in [0.1, 0.15) is 37.7 Å². The zero-order valence-corrected chi connectivity index (χ0v) is 16.4. The molecule has 2 aromatic carbocycles. The minimum Gasteiger partial charge on any atom is -0.478 e. The van der Waals surface area contributed by atoms with Crippen LogP contribution >= 0.6 is 11.3 Å². The molecule has 7 nitrogen and oxygen atoms in total. The van der Waals surface area contributed by atoms with Crippen LogP contribution in [-0.4, -0.2) is 31.7 Å². The minimum absolute atomic E-state index is 0.0614. The Morgan fingerprint density at radius 1 is 0.933 bits per heavy atom. The molecule has 150 valence electrons. The lowest BCUT2D eigenvalue weighted by atomic mass is 10.1. The highest BCUT2D eigenvalue weighted by atomic mass is 32.1. The van der Waals surface area contributed by atoms with Crippen LogP contribution in [0, 0.1) is 0 Å². The zero-order valence-electron chi connectivity index (χ0n) is 15.6. The lowest BCUT2D eigenvalue weighted by Crippen LogP contribution is -2.26. The van der Waals surface area contributed by atoms with Crippen LogP contribution in [0.3, 0.4) is 0 Å². The Hall–Kier alpha value is -3.78. The number of benzene rings is 2. The van der Waals surface area contributed by atoms with E-state index in [4.69, 9.17) is 5.11 Å². The number of aromatic nitrogens is 2. The van der Waals surface area contributed by atoms with Crippen molar-refractivity contribution in [3.8, 4) is 0 Å². The van der Waals surface area contributed by atoms with Crippen LogP contribution < -0.4 is 5.56 Å². The predicted octanol–water partition coefficient (Wildman–Crippen LogP) is 3.49. The summed E-state index contributed by atoms with van der Waals surface area (Å²) in [4.78, 5) is 40.9. The van der Waals surface area contributed by atoms with E-state index >= 15 is 0 Å². The van der Waals surface area contributed by atoms with E-state index in [0.29, 0.717) is 22.6 Å². The number of carbonyl (C=O) groups is 2. The van der Waals surface area contributed by atoms with E-state index in [-0.39, 0.29) is 23.1 Å². The standard InChI is InChI=1S/C22H16N2O5S/c25-20-18-16(22(28)29)12-30-19(18)23-17(10-13-4-2-1-3-5-13)24(20)11-14-6-8-15(9-7-14)21(26)27/h1-9,12H,10-11H2,(H,26,27)(H,28,29). The van der Waals surface area contributed by atoms with Gasteiger partial charge in [0.15, 0.2) is 0 Å². The van der Waals surface area contributed by atoms with E-state index in [1.807, 2.05) is 30.3 Å². The molecule has 4 aromatic rings. The fourth-order valence-corrected chi connectivity index (χ4v) is 4.16. The Kier molecular flexibility index (Phi) is 5.16. The van der Waals surface area contributed by atoms with Crippen molar-refractivity contribution >= 4 is 33.5 Å². The second kappa shape index (κ2) is 7.92. The van der Waals surface area contributed by atoms with Crippen molar-refractivity contribution in [3.05, 3.63) is 98.4 Å². The third-order valence-electron chi connectivity index (χ3n) is 4.75. The Balaban J connectivity index is 1.85. The van der Waals surface area contributed by atoms with Crippen molar-refractivity contribution in [3.63, 3.8) is 0 Å². The van der Waals surface area contributed by atoms with Gasteiger partial charge in [-0.15, -0.1) is 11.3 Å². The molecule has 0 unspecified atom stereocenters. The van der Waals surface area contributed by atoms with Gasteiger partial charge in [0, 0.05) is 11.8 Å². The van der Waals surface area contributed by atoms with Crippen molar-refractivity contribution in [2.45, 2.75) is 13.0 Å². The highest BCUT2D eigenvalue weighted by molar-refractivity contribution is 7.17. The summed E-state index contributed by atoms with van der Waals surface area (Å²) in [6.45, 7) is 0.152. The molecule has 2 heterocycles. The molecule has 8 heteroatoms. The number of thiophene rings is 1. The van der Waals surface area contributed by atoms with E-state index in [1.54, 1.807) is 12.1 Å². The molecule has 0 aliphatic heterocycles. The van der Waals surface area contributed by atoms with Gasteiger partial charge >= 0.3 is 11.9 Å². The van der Waals surface area contributed by atoms with Crippen LogP contribution in [-0.2, 0) is 13.0 Å². The van der Waals surface area contributed by atoms with Crippen molar-refractivity contribution < 1.29 is 19.8 Å². The molecule has 0 spiro atoms. The van der Waals surface area contributed by atoms with Crippen molar-refractivity contribution in [1.29, 1.82) is 0 Å². The average molecular weight is 420 g/mol. The van der Waals surface area contributed by atoms with Crippen LogP contribution in [0.25, 0.3) is 10.2 Å². The highest BCUT2D eigenvalue weighted by Crippen LogP contribution is 2.23. The van der Waals surface area contributed by atoms with Gasteiger partial charge in [0.1, 0.15) is 10.7 Å². The molecule has 0 atom stereocenters. The highest BCUT2D eigenvalue weighted by Gasteiger charge is 2.20. The second-order valence-electron chi connectivity index (χ2n) is 6.72. The van der Waals surface area contributed by atoms with Crippen molar-refractivity contribution in [2.24, 2.45) is 0 Å². The zero-order chi connectivity index (χ0) is 21.3. The van der Waals surface area contributed by atoms with Gasteiger partial charge in [-0.05, 0) is 23.3 Å². The summed E-state index contributed by atoms with van der Waals surface area (Å²) in [5.74, 6) is -1.69. The monoisotopic (exact) mass is 420 g/mol. The van der Waals surface area contributed by atoms with Gasteiger partial charge in [-0.3, -0.25) is 9.36 Å². The number of fused-ring (bicyclic) bond motifs is 1. The quantitative estimate of drug-likeness (QED) is 0.494. The minimum atomic E-state index is -1.17. The number of nitrogens with zero attached hydrogens (tertiary/aromatic N) is 2. The molecule has 0 fully saturated rings. The first-order chi connectivity index (χ1) is 14.4. The van der Waals surface area contributed by atoms with E-state index in [2.05, 4.69) is 4.98 Å².